The summed E-state index contributed by atoms with van der Waals surface area (Å²) in [5.41, 5.74) is 1.40. The maximum Gasteiger partial charge on any atom is 0.258 e. The summed E-state index contributed by atoms with van der Waals surface area (Å²) in [7, 11) is 1.58. The second-order valence-electron chi connectivity index (χ2n) is 4.56. The fraction of sp³-hybridized carbons (Fsp3) is 0.286. The van der Waals surface area contributed by atoms with Crippen molar-refractivity contribution in [1.29, 1.82) is 0 Å². The Hall–Kier alpha value is -1.88. The fourth-order valence-electron chi connectivity index (χ4n) is 1.93. The number of carbonyl (C=O) groups is 1. The molecule has 0 aliphatic rings. The summed E-state index contributed by atoms with van der Waals surface area (Å²) in [6.07, 6.45) is 0. The number of amides is 1. The minimum Gasteiger partial charge on any atom is -0.361 e. The van der Waals surface area contributed by atoms with E-state index in [0.29, 0.717) is 11.5 Å². The highest BCUT2D eigenvalue weighted by Gasteiger charge is 2.21. The molecule has 1 aromatic heterocycles. The number of carbonyl (C=O) groups excluding carboxylic acids is 1. The summed E-state index contributed by atoms with van der Waals surface area (Å²) >= 11 is 5.89. The van der Waals surface area contributed by atoms with E-state index in [1.807, 2.05) is 0 Å². The van der Waals surface area contributed by atoms with Crippen LogP contribution in [0, 0.1) is 19.7 Å². The molecule has 0 spiro atoms. The zero-order valence-corrected chi connectivity index (χ0v) is 12.2. The Morgan fingerprint density at radius 3 is 2.70 bits per heavy atom. The van der Waals surface area contributed by atoms with Gasteiger partial charge in [0.05, 0.1) is 22.8 Å². The molecular weight excluding hydrogens is 283 g/mol. The van der Waals surface area contributed by atoms with E-state index in [2.05, 4.69) is 5.16 Å². The molecule has 4 nitrogen and oxygen atoms in total. The average Bonchev–Trinajstić information content (AvgIpc) is 2.70. The zero-order valence-electron chi connectivity index (χ0n) is 11.4. The molecule has 0 N–H and O–H groups in total. The van der Waals surface area contributed by atoms with Crippen LogP contribution in [0.3, 0.4) is 0 Å². The van der Waals surface area contributed by atoms with Crippen molar-refractivity contribution < 1.29 is 13.7 Å². The minimum absolute atomic E-state index is 0.0978. The number of benzene rings is 1. The highest BCUT2D eigenvalue weighted by Crippen LogP contribution is 2.22. The first kappa shape index (κ1) is 14.5. The Balaban J connectivity index is 2.26. The van der Waals surface area contributed by atoms with E-state index in [1.54, 1.807) is 20.9 Å². The van der Waals surface area contributed by atoms with Gasteiger partial charge in [-0.3, -0.25) is 4.79 Å². The molecule has 0 unspecified atom stereocenters. The third-order valence-electron chi connectivity index (χ3n) is 3.10. The molecule has 2 rings (SSSR count). The Morgan fingerprint density at radius 2 is 2.15 bits per heavy atom. The van der Waals surface area contributed by atoms with Crippen LogP contribution in [-0.4, -0.2) is 23.0 Å². The lowest BCUT2D eigenvalue weighted by Crippen LogP contribution is -2.27. The predicted octanol–water partition coefficient (Wildman–Crippen LogP) is 3.36. The number of hydrogen-bond donors (Lipinski definition) is 0. The average molecular weight is 297 g/mol. The van der Waals surface area contributed by atoms with Gasteiger partial charge in [-0.25, -0.2) is 4.39 Å². The molecular formula is C14H14ClFN2O2. The number of aromatic nitrogens is 1. The van der Waals surface area contributed by atoms with Crippen LogP contribution in [0.1, 0.15) is 27.4 Å². The van der Waals surface area contributed by atoms with Gasteiger partial charge < -0.3 is 9.42 Å². The number of nitrogens with zero attached hydrogens (tertiary/aromatic N) is 2. The van der Waals surface area contributed by atoms with Crippen LogP contribution in [0.15, 0.2) is 22.7 Å². The summed E-state index contributed by atoms with van der Waals surface area (Å²) in [4.78, 5) is 13.7. The lowest BCUT2D eigenvalue weighted by molar-refractivity contribution is 0.0780. The van der Waals surface area contributed by atoms with Gasteiger partial charge >= 0.3 is 0 Å². The van der Waals surface area contributed by atoms with Crippen molar-refractivity contribution in [3.63, 3.8) is 0 Å². The summed E-state index contributed by atoms with van der Waals surface area (Å²) in [6.45, 7) is 3.84. The molecule has 0 aliphatic heterocycles. The Bertz CT molecular complexity index is 615. The molecule has 1 aromatic carbocycles. The second-order valence-corrected chi connectivity index (χ2v) is 4.97. The third kappa shape index (κ3) is 2.67. The van der Waals surface area contributed by atoms with Crippen LogP contribution < -0.4 is 0 Å². The van der Waals surface area contributed by atoms with Gasteiger partial charge in [-0.05, 0) is 26.0 Å². The Kier molecular flexibility index (Phi) is 4.09. The van der Waals surface area contributed by atoms with Gasteiger partial charge in [0, 0.05) is 12.6 Å². The van der Waals surface area contributed by atoms with Crippen LogP contribution >= 0.6 is 11.6 Å². The molecule has 0 atom stereocenters. The van der Waals surface area contributed by atoms with Crippen LogP contribution in [0.5, 0.6) is 0 Å². The van der Waals surface area contributed by atoms with Gasteiger partial charge in [0.25, 0.3) is 5.91 Å². The Morgan fingerprint density at radius 1 is 1.45 bits per heavy atom. The van der Waals surface area contributed by atoms with Gasteiger partial charge in [0.2, 0.25) is 0 Å². The molecule has 0 saturated carbocycles. The molecule has 1 heterocycles. The van der Waals surface area contributed by atoms with Crippen molar-refractivity contribution in [3.05, 3.63) is 51.6 Å². The minimum atomic E-state index is -0.631. The second kappa shape index (κ2) is 5.63. The third-order valence-corrected chi connectivity index (χ3v) is 3.41. The van der Waals surface area contributed by atoms with Gasteiger partial charge in [0.1, 0.15) is 11.6 Å². The molecule has 2 aromatic rings. The van der Waals surface area contributed by atoms with Gasteiger partial charge in [-0.1, -0.05) is 22.8 Å². The lowest BCUT2D eigenvalue weighted by Gasteiger charge is -2.18. The Labute approximate surface area is 121 Å². The van der Waals surface area contributed by atoms with E-state index in [-0.39, 0.29) is 17.1 Å². The smallest absolute Gasteiger partial charge is 0.258 e. The summed E-state index contributed by atoms with van der Waals surface area (Å²) in [6, 6.07) is 4.16. The molecule has 106 valence electrons. The monoisotopic (exact) mass is 296 g/mol. The fourth-order valence-corrected chi connectivity index (χ4v) is 2.17. The molecule has 6 heteroatoms. The summed E-state index contributed by atoms with van der Waals surface area (Å²) in [5.74, 6) is -0.469. The van der Waals surface area contributed by atoms with E-state index >= 15 is 0 Å². The largest absolute Gasteiger partial charge is 0.361 e. The van der Waals surface area contributed by atoms with Crippen molar-refractivity contribution in [3.8, 4) is 0 Å². The van der Waals surface area contributed by atoms with Crippen LogP contribution in [0.2, 0.25) is 5.02 Å². The van der Waals surface area contributed by atoms with Crippen molar-refractivity contribution in [1.82, 2.24) is 10.1 Å². The molecule has 0 saturated heterocycles. The van der Waals surface area contributed by atoms with Crippen LogP contribution in [0.4, 0.5) is 4.39 Å². The molecule has 1 amide bonds. The number of aryl methyl sites for hydroxylation is 2. The van der Waals surface area contributed by atoms with E-state index < -0.39 is 11.7 Å². The van der Waals surface area contributed by atoms with Gasteiger partial charge in [-0.15, -0.1) is 0 Å². The maximum absolute atomic E-state index is 13.7. The van der Waals surface area contributed by atoms with Crippen molar-refractivity contribution in [2.75, 3.05) is 7.05 Å². The summed E-state index contributed by atoms with van der Waals surface area (Å²) < 4.78 is 18.8. The van der Waals surface area contributed by atoms with Crippen molar-refractivity contribution in [2.24, 2.45) is 0 Å². The first-order valence-electron chi connectivity index (χ1n) is 6.03. The SMILES string of the molecule is Cc1noc(C)c1CN(C)C(=O)c1c(F)cccc1Cl. The highest BCUT2D eigenvalue weighted by atomic mass is 35.5. The molecule has 0 bridgehead atoms. The number of hydrogen-bond acceptors (Lipinski definition) is 3. The van der Waals surface area contributed by atoms with Crippen molar-refractivity contribution in [2.45, 2.75) is 20.4 Å². The maximum atomic E-state index is 13.7. The van der Waals surface area contributed by atoms with Crippen molar-refractivity contribution >= 4 is 17.5 Å². The zero-order chi connectivity index (χ0) is 14.9. The highest BCUT2D eigenvalue weighted by molar-refractivity contribution is 6.33. The van der Waals surface area contributed by atoms with E-state index in [1.165, 1.54) is 23.1 Å². The number of halogens is 2. The first-order valence-corrected chi connectivity index (χ1v) is 6.40. The normalized spacial score (nSPS) is 10.7. The standard InChI is InChI=1S/C14H14ClFN2O2/c1-8-10(9(2)20-17-8)7-18(3)14(19)13-11(15)5-4-6-12(13)16/h4-6H,7H2,1-3H3. The van der Waals surface area contributed by atoms with E-state index in [9.17, 15) is 9.18 Å². The first-order chi connectivity index (χ1) is 9.41. The number of rotatable bonds is 3. The van der Waals surface area contributed by atoms with Gasteiger partial charge in [-0.2, -0.15) is 0 Å². The molecule has 0 radical (unpaired) electrons. The topological polar surface area (TPSA) is 46.3 Å². The molecule has 0 fully saturated rings. The quantitative estimate of drug-likeness (QED) is 0.872. The van der Waals surface area contributed by atoms with Crippen LogP contribution in [-0.2, 0) is 6.54 Å². The lowest BCUT2D eigenvalue weighted by atomic mass is 10.1. The summed E-state index contributed by atoms with van der Waals surface area (Å²) in [5, 5.41) is 3.92. The molecule has 20 heavy (non-hydrogen) atoms. The van der Waals surface area contributed by atoms with Crippen LogP contribution in [0.25, 0.3) is 0 Å². The molecule has 0 aliphatic carbocycles. The predicted molar refractivity (Wildman–Crippen MR) is 73.2 cm³/mol. The van der Waals surface area contributed by atoms with E-state index in [4.69, 9.17) is 16.1 Å². The van der Waals surface area contributed by atoms with Gasteiger partial charge in [0.15, 0.2) is 0 Å². The van der Waals surface area contributed by atoms with E-state index in [0.717, 1.165) is 5.56 Å².